The Balaban J connectivity index is 2.45. The zero-order chi connectivity index (χ0) is 14.5. The van der Waals surface area contributed by atoms with Crippen LogP contribution in [0.4, 0.5) is 0 Å². The van der Waals surface area contributed by atoms with Gasteiger partial charge in [-0.3, -0.25) is 9.59 Å². The third-order valence-electron chi connectivity index (χ3n) is 2.08. The number of hydrogen-bond acceptors (Lipinski definition) is 4. The Morgan fingerprint density at radius 1 is 1.37 bits per heavy atom. The number of esters is 1. The number of carbonyl (C=O) groups excluding carboxylic acids is 2. The first-order valence-electron chi connectivity index (χ1n) is 5.91. The van der Waals surface area contributed by atoms with E-state index in [0.717, 1.165) is 0 Å². The van der Waals surface area contributed by atoms with Gasteiger partial charge in [0.25, 0.3) is 0 Å². The summed E-state index contributed by atoms with van der Waals surface area (Å²) in [6, 6.07) is 4.71. The molecule has 1 aromatic rings. The van der Waals surface area contributed by atoms with Crippen molar-refractivity contribution in [1.29, 1.82) is 0 Å². The van der Waals surface area contributed by atoms with Crippen molar-refractivity contribution in [1.82, 2.24) is 0 Å². The van der Waals surface area contributed by atoms with E-state index in [0.29, 0.717) is 22.6 Å². The van der Waals surface area contributed by atoms with Gasteiger partial charge >= 0.3 is 5.97 Å². The molecule has 0 N–H and O–H groups in total. The van der Waals surface area contributed by atoms with Crippen molar-refractivity contribution in [2.75, 3.05) is 6.61 Å². The highest BCUT2D eigenvalue weighted by Gasteiger charge is 2.16. The van der Waals surface area contributed by atoms with E-state index >= 15 is 0 Å². The van der Waals surface area contributed by atoms with Crippen LogP contribution in [0.5, 0.6) is 5.75 Å². The van der Waals surface area contributed by atoms with Crippen molar-refractivity contribution >= 4 is 23.9 Å². The summed E-state index contributed by atoms with van der Waals surface area (Å²) in [5, 5.41) is 0.341. The maximum absolute atomic E-state index is 11.5. The highest BCUT2D eigenvalue weighted by molar-refractivity contribution is 6.32. The lowest BCUT2D eigenvalue weighted by Crippen LogP contribution is -2.24. The van der Waals surface area contributed by atoms with Gasteiger partial charge < -0.3 is 9.47 Å². The molecule has 5 heteroatoms. The summed E-state index contributed by atoms with van der Waals surface area (Å²) < 4.78 is 10.5. The monoisotopic (exact) mass is 284 g/mol. The number of ether oxygens (including phenoxy) is 2. The van der Waals surface area contributed by atoms with Crippen LogP contribution < -0.4 is 4.74 Å². The van der Waals surface area contributed by atoms with Crippen LogP contribution in [0.1, 0.15) is 37.6 Å². The first-order valence-corrected chi connectivity index (χ1v) is 6.29. The Kier molecular flexibility index (Phi) is 5.36. The van der Waals surface area contributed by atoms with Gasteiger partial charge in [-0.15, -0.1) is 0 Å². The van der Waals surface area contributed by atoms with E-state index in [1.165, 1.54) is 6.07 Å². The molecule has 0 radical (unpaired) electrons. The highest BCUT2D eigenvalue weighted by atomic mass is 35.5. The molecule has 0 spiro atoms. The smallest absolute Gasteiger partial charge is 0.309 e. The topological polar surface area (TPSA) is 52.6 Å². The van der Waals surface area contributed by atoms with Crippen LogP contribution in [-0.4, -0.2) is 24.5 Å². The fourth-order valence-corrected chi connectivity index (χ4v) is 1.59. The number of hydrogen-bond donors (Lipinski definition) is 0. The SMILES string of the molecule is CC(C)(C)OC(=O)CCOc1ccc(C=O)cc1Cl. The van der Waals surface area contributed by atoms with E-state index in [9.17, 15) is 9.59 Å². The summed E-state index contributed by atoms with van der Waals surface area (Å²) in [6.07, 6.45) is 0.847. The van der Waals surface area contributed by atoms with Gasteiger partial charge in [0.1, 0.15) is 17.6 Å². The van der Waals surface area contributed by atoms with Crippen LogP contribution in [0.15, 0.2) is 18.2 Å². The first-order chi connectivity index (χ1) is 8.81. The molecular formula is C14H17ClO4. The number of aldehydes is 1. The molecule has 0 heterocycles. The van der Waals surface area contributed by atoms with E-state index in [1.54, 1.807) is 32.9 Å². The predicted octanol–water partition coefficient (Wildman–Crippen LogP) is 3.26. The molecule has 0 aliphatic carbocycles. The molecule has 1 aromatic carbocycles. The zero-order valence-corrected chi connectivity index (χ0v) is 12.0. The Morgan fingerprint density at radius 2 is 2.05 bits per heavy atom. The predicted molar refractivity (Wildman–Crippen MR) is 72.8 cm³/mol. The lowest BCUT2D eigenvalue weighted by atomic mass is 10.2. The average molecular weight is 285 g/mol. The van der Waals surface area contributed by atoms with E-state index in [2.05, 4.69) is 0 Å². The standard InChI is InChI=1S/C14H17ClO4/c1-14(2,3)19-13(17)6-7-18-12-5-4-10(9-16)8-11(12)15/h4-5,8-9H,6-7H2,1-3H3. The normalized spacial score (nSPS) is 10.9. The Bertz CT molecular complexity index is 463. The molecule has 0 saturated heterocycles. The second kappa shape index (κ2) is 6.57. The van der Waals surface area contributed by atoms with Crippen LogP contribution in [0, 0.1) is 0 Å². The van der Waals surface area contributed by atoms with Crippen LogP contribution in [0.25, 0.3) is 0 Å². The van der Waals surface area contributed by atoms with E-state index in [-0.39, 0.29) is 19.0 Å². The van der Waals surface area contributed by atoms with Crippen molar-refractivity contribution in [2.24, 2.45) is 0 Å². The molecule has 0 atom stereocenters. The van der Waals surface area contributed by atoms with Gasteiger partial charge in [0, 0.05) is 5.56 Å². The largest absolute Gasteiger partial charge is 0.491 e. The molecule has 4 nitrogen and oxygen atoms in total. The second-order valence-electron chi connectivity index (χ2n) is 4.99. The maximum Gasteiger partial charge on any atom is 0.309 e. The van der Waals surface area contributed by atoms with Gasteiger partial charge in [0.15, 0.2) is 0 Å². The third-order valence-corrected chi connectivity index (χ3v) is 2.37. The van der Waals surface area contributed by atoms with Crippen LogP contribution in [0.3, 0.4) is 0 Å². The van der Waals surface area contributed by atoms with Crippen molar-refractivity contribution in [3.63, 3.8) is 0 Å². The Morgan fingerprint density at radius 3 is 2.58 bits per heavy atom. The molecule has 0 fully saturated rings. The van der Waals surface area contributed by atoms with Gasteiger partial charge in [0.05, 0.1) is 18.1 Å². The highest BCUT2D eigenvalue weighted by Crippen LogP contribution is 2.25. The lowest BCUT2D eigenvalue weighted by Gasteiger charge is -2.19. The minimum absolute atomic E-state index is 0.142. The lowest BCUT2D eigenvalue weighted by molar-refractivity contribution is -0.155. The van der Waals surface area contributed by atoms with Crippen molar-refractivity contribution in [2.45, 2.75) is 32.8 Å². The van der Waals surface area contributed by atoms with Gasteiger partial charge in [-0.1, -0.05) is 11.6 Å². The summed E-state index contributed by atoms with van der Waals surface area (Å²) in [7, 11) is 0. The number of benzene rings is 1. The van der Waals surface area contributed by atoms with E-state index < -0.39 is 5.60 Å². The quantitative estimate of drug-likeness (QED) is 0.615. The molecule has 0 amide bonds. The molecule has 104 valence electrons. The van der Waals surface area contributed by atoms with Crippen LogP contribution in [0.2, 0.25) is 5.02 Å². The number of halogens is 1. The summed E-state index contributed by atoms with van der Waals surface area (Å²) in [5.74, 6) is 0.115. The van der Waals surface area contributed by atoms with Crippen molar-refractivity contribution in [3.8, 4) is 5.75 Å². The van der Waals surface area contributed by atoms with Gasteiger partial charge in [0.2, 0.25) is 0 Å². The minimum Gasteiger partial charge on any atom is -0.491 e. The summed E-state index contributed by atoms with van der Waals surface area (Å²) in [6.45, 7) is 5.59. The maximum atomic E-state index is 11.5. The Labute approximate surface area is 117 Å². The molecule has 19 heavy (non-hydrogen) atoms. The average Bonchev–Trinajstić information content (AvgIpc) is 2.28. The van der Waals surface area contributed by atoms with E-state index in [1.807, 2.05) is 0 Å². The summed E-state index contributed by atoms with van der Waals surface area (Å²) in [4.78, 5) is 22.0. The molecule has 0 aliphatic heterocycles. The summed E-state index contributed by atoms with van der Waals surface area (Å²) in [5.41, 5.74) is -0.0233. The van der Waals surface area contributed by atoms with Crippen molar-refractivity contribution < 1.29 is 19.1 Å². The van der Waals surface area contributed by atoms with E-state index in [4.69, 9.17) is 21.1 Å². The van der Waals surface area contributed by atoms with Crippen molar-refractivity contribution in [3.05, 3.63) is 28.8 Å². The summed E-state index contributed by atoms with van der Waals surface area (Å²) >= 11 is 5.93. The third kappa shape index (κ3) is 5.75. The molecule has 0 bridgehead atoms. The minimum atomic E-state index is -0.500. The first kappa shape index (κ1) is 15.5. The van der Waals surface area contributed by atoms with Gasteiger partial charge in [-0.2, -0.15) is 0 Å². The fourth-order valence-electron chi connectivity index (χ4n) is 1.34. The molecule has 0 aromatic heterocycles. The van der Waals surface area contributed by atoms with Crippen LogP contribution >= 0.6 is 11.6 Å². The number of carbonyl (C=O) groups is 2. The fraction of sp³-hybridized carbons (Fsp3) is 0.429. The van der Waals surface area contributed by atoms with Gasteiger partial charge in [-0.05, 0) is 39.0 Å². The molecule has 0 aliphatic rings. The molecular weight excluding hydrogens is 268 g/mol. The molecule has 0 unspecified atom stereocenters. The molecule has 0 saturated carbocycles. The van der Waals surface area contributed by atoms with Gasteiger partial charge in [-0.25, -0.2) is 0 Å². The number of rotatable bonds is 5. The Hall–Kier alpha value is -1.55. The zero-order valence-electron chi connectivity index (χ0n) is 11.2. The van der Waals surface area contributed by atoms with Crippen LogP contribution in [-0.2, 0) is 9.53 Å². The second-order valence-corrected chi connectivity index (χ2v) is 5.40. The molecule has 1 rings (SSSR count).